The molecule has 0 spiro atoms. The Morgan fingerprint density at radius 3 is 2.69 bits per heavy atom. The lowest BCUT2D eigenvalue weighted by Gasteiger charge is -2.14. The van der Waals surface area contributed by atoms with E-state index < -0.39 is 5.91 Å². The summed E-state index contributed by atoms with van der Waals surface area (Å²) < 4.78 is 1.42. The highest BCUT2D eigenvalue weighted by Crippen LogP contribution is 2.11. The molecule has 1 aromatic heterocycles. The van der Waals surface area contributed by atoms with Crippen molar-refractivity contribution >= 4 is 24.1 Å². The highest BCUT2D eigenvalue weighted by atomic mass is 16.5. The number of carbonyl (C=O) groups excluding carboxylic acids is 1. The predicted molar refractivity (Wildman–Crippen MR) is 120 cm³/mol. The molecule has 0 unspecified atom stereocenters. The number of hydroxylamine groups is 1. The molecule has 162 valence electrons. The molecule has 0 aliphatic carbocycles. The number of aryl methyl sites for hydroxylation is 1. The quantitative estimate of drug-likeness (QED) is 0.389. The van der Waals surface area contributed by atoms with Gasteiger partial charge in [-0.25, -0.2) is 10.5 Å². The molecule has 0 fully saturated rings. The van der Waals surface area contributed by atoms with E-state index >= 15 is 0 Å². The summed E-state index contributed by atoms with van der Waals surface area (Å²) in [5.74, 6) is -0.109. The van der Waals surface area contributed by atoms with Crippen LogP contribution in [0.2, 0.25) is 0 Å². The molecular weight excluding hydrogens is 408 g/mol. The van der Waals surface area contributed by atoms with Gasteiger partial charge in [-0.3, -0.25) is 19.4 Å². The lowest BCUT2D eigenvalue weighted by atomic mass is 10.0. The number of anilines is 1. The van der Waals surface area contributed by atoms with Crippen molar-refractivity contribution in [2.24, 2.45) is 10.2 Å². The average Bonchev–Trinajstić information content (AvgIpc) is 3.22. The van der Waals surface area contributed by atoms with Crippen molar-refractivity contribution in [2.75, 3.05) is 11.9 Å². The molecule has 4 rings (SSSR count). The van der Waals surface area contributed by atoms with Crippen molar-refractivity contribution in [2.45, 2.75) is 19.8 Å². The summed E-state index contributed by atoms with van der Waals surface area (Å²) in [5.41, 5.74) is 4.05. The molecule has 0 saturated carbocycles. The molecule has 2 heterocycles. The van der Waals surface area contributed by atoms with E-state index in [-0.39, 0.29) is 17.8 Å². The van der Waals surface area contributed by atoms with Crippen LogP contribution < -0.4 is 26.9 Å². The van der Waals surface area contributed by atoms with Gasteiger partial charge in [0.25, 0.3) is 5.56 Å². The Morgan fingerprint density at radius 1 is 1.16 bits per heavy atom. The van der Waals surface area contributed by atoms with E-state index in [0.29, 0.717) is 39.8 Å². The topological polar surface area (TPSA) is 121 Å². The molecular formula is C23H22N6O3. The second-order valence-corrected chi connectivity index (χ2v) is 7.38. The maximum Gasteiger partial charge on any atom is 0.299 e. The van der Waals surface area contributed by atoms with Crippen LogP contribution in [0.4, 0.5) is 5.82 Å². The summed E-state index contributed by atoms with van der Waals surface area (Å²) in [7, 11) is 0. The number of fused-ring (bicyclic) bond motifs is 1. The minimum atomic E-state index is -0.600. The first kappa shape index (κ1) is 21.1. The second-order valence-electron chi connectivity index (χ2n) is 7.38. The highest BCUT2D eigenvalue weighted by Gasteiger charge is 2.24. The van der Waals surface area contributed by atoms with E-state index in [1.165, 1.54) is 4.57 Å². The Hall–Kier alpha value is -4.11. The molecule has 2 aromatic carbocycles. The summed E-state index contributed by atoms with van der Waals surface area (Å²) in [6.07, 6.45) is 2.19. The molecule has 0 radical (unpaired) electrons. The second kappa shape index (κ2) is 8.94. The fourth-order valence-electron chi connectivity index (χ4n) is 3.61. The fourth-order valence-corrected chi connectivity index (χ4v) is 3.61. The van der Waals surface area contributed by atoms with E-state index in [1.807, 2.05) is 30.3 Å². The molecule has 3 aromatic rings. The van der Waals surface area contributed by atoms with Gasteiger partial charge >= 0.3 is 0 Å². The Balaban J connectivity index is 1.69. The number of amides is 1. The number of aromatic nitrogens is 2. The van der Waals surface area contributed by atoms with Gasteiger partial charge in [-0.15, -0.1) is 10.2 Å². The fraction of sp³-hybridized carbons (Fsp3) is 0.174. The first-order valence-electron chi connectivity index (χ1n) is 10.1. The lowest BCUT2D eigenvalue weighted by molar-refractivity contribution is -0.128. The number of nitrogens with zero attached hydrogens (tertiary/aromatic N) is 4. The van der Waals surface area contributed by atoms with E-state index in [4.69, 9.17) is 5.21 Å². The van der Waals surface area contributed by atoms with Crippen LogP contribution in [0.15, 0.2) is 63.7 Å². The zero-order valence-electron chi connectivity index (χ0n) is 17.5. The molecule has 1 aliphatic rings. The van der Waals surface area contributed by atoms with E-state index in [0.717, 1.165) is 12.0 Å². The van der Waals surface area contributed by atoms with Crippen molar-refractivity contribution in [3.8, 4) is 0 Å². The first-order chi connectivity index (χ1) is 15.5. The summed E-state index contributed by atoms with van der Waals surface area (Å²) in [4.78, 5) is 29.4. The van der Waals surface area contributed by atoms with Gasteiger partial charge in [0, 0.05) is 18.4 Å². The maximum absolute atomic E-state index is 13.3. The highest BCUT2D eigenvalue weighted by molar-refractivity contribution is 6.03. The molecule has 1 amide bonds. The SMILES string of the molecule is C=c1ccc2c(c1CC(=O)NO)C(n1c(C)cnc(NCCc3ccccc3)c1=O)=NN=2. The molecule has 0 bridgehead atoms. The Labute approximate surface area is 183 Å². The molecule has 9 heteroatoms. The van der Waals surface area contributed by atoms with Gasteiger partial charge in [-0.1, -0.05) is 43.0 Å². The van der Waals surface area contributed by atoms with Crippen LogP contribution in [0.5, 0.6) is 0 Å². The minimum absolute atomic E-state index is 0.131. The van der Waals surface area contributed by atoms with Crippen LogP contribution in [0.25, 0.3) is 6.58 Å². The Morgan fingerprint density at radius 2 is 1.94 bits per heavy atom. The number of hydrogen-bond donors (Lipinski definition) is 3. The largest absolute Gasteiger partial charge is 0.365 e. The van der Waals surface area contributed by atoms with Crippen molar-refractivity contribution in [3.63, 3.8) is 0 Å². The zero-order chi connectivity index (χ0) is 22.7. The van der Waals surface area contributed by atoms with Gasteiger partial charge in [-0.2, -0.15) is 0 Å². The predicted octanol–water partition coefficient (Wildman–Crippen LogP) is 0.508. The number of hydrogen-bond acceptors (Lipinski definition) is 7. The van der Waals surface area contributed by atoms with Gasteiger partial charge in [-0.05, 0) is 35.8 Å². The van der Waals surface area contributed by atoms with Crippen LogP contribution >= 0.6 is 0 Å². The lowest BCUT2D eigenvalue weighted by Crippen LogP contribution is -2.36. The van der Waals surface area contributed by atoms with Crippen molar-refractivity contribution < 1.29 is 10.0 Å². The van der Waals surface area contributed by atoms with Crippen molar-refractivity contribution in [3.05, 3.63) is 92.0 Å². The van der Waals surface area contributed by atoms with E-state index in [2.05, 4.69) is 27.1 Å². The van der Waals surface area contributed by atoms with Crippen LogP contribution in [0.3, 0.4) is 0 Å². The number of rotatable bonds is 6. The van der Waals surface area contributed by atoms with Gasteiger partial charge in [0.2, 0.25) is 5.91 Å². The number of nitrogens with one attached hydrogen (secondary N) is 2. The number of carbonyl (C=O) groups is 1. The average molecular weight is 430 g/mol. The van der Waals surface area contributed by atoms with Crippen LogP contribution in [0, 0.1) is 6.92 Å². The molecule has 0 atom stereocenters. The van der Waals surface area contributed by atoms with Gasteiger partial charge in [0.05, 0.1) is 17.3 Å². The summed E-state index contributed by atoms with van der Waals surface area (Å²) in [6, 6.07) is 13.4. The standard InChI is InChI=1S/C23H22N6O3/c1-14-8-9-18-20(17(14)12-19(30)28-32)22(27-26-18)29-15(2)13-25-21(23(29)31)24-11-10-16-6-4-3-5-7-16/h3-9,13,32H,1,10-12H2,2H3,(H,24,25)(H,28,30). The third kappa shape index (κ3) is 4.06. The summed E-state index contributed by atoms with van der Waals surface area (Å²) in [6.45, 7) is 6.26. The van der Waals surface area contributed by atoms with Crippen molar-refractivity contribution in [1.29, 1.82) is 0 Å². The monoisotopic (exact) mass is 430 g/mol. The minimum Gasteiger partial charge on any atom is -0.365 e. The molecule has 9 nitrogen and oxygen atoms in total. The summed E-state index contributed by atoms with van der Waals surface area (Å²) in [5, 5.41) is 21.6. The zero-order valence-corrected chi connectivity index (χ0v) is 17.5. The number of benzene rings is 2. The third-order valence-electron chi connectivity index (χ3n) is 5.23. The molecule has 32 heavy (non-hydrogen) atoms. The van der Waals surface area contributed by atoms with Crippen molar-refractivity contribution in [1.82, 2.24) is 15.0 Å². The van der Waals surface area contributed by atoms with E-state index in [1.54, 1.807) is 30.7 Å². The molecule has 0 saturated heterocycles. The van der Waals surface area contributed by atoms with Crippen LogP contribution in [-0.4, -0.2) is 33.0 Å². The maximum atomic E-state index is 13.3. The van der Waals surface area contributed by atoms with Crippen LogP contribution in [0.1, 0.15) is 22.4 Å². The third-order valence-corrected chi connectivity index (χ3v) is 5.23. The van der Waals surface area contributed by atoms with Gasteiger partial charge in [0.1, 0.15) is 0 Å². The molecule has 1 aliphatic heterocycles. The normalized spacial score (nSPS) is 12.0. The smallest absolute Gasteiger partial charge is 0.299 e. The Bertz CT molecular complexity index is 1380. The van der Waals surface area contributed by atoms with Gasteiger partial charge in [0.15, 0.2) is 11.7 Å². The Kier molecular flexibility index (Phi) is 5.91. The van der Waals surface area contributed by atoms with Crippen LogP contribution in [-0.2, 0) is 17.6 Å². The molecule has 3 N–H and O–H groups in total. The summed E-state index contributed by atoms with van der Waals surface area (Å²) >= 11 is 0. The van der Waals surface area contributed by atoms with E-state index in [9.17, 15) is 9.59 Å². The first-order valence-corrected chi connectivity index (χ1v) is 10.1. The van der Waals surface area contributed by atoms with Gasteiger partial charge < -0.3 is 5.32 Å².